The molecule has 1 aromatic heterocycles. The van der Waals surface area contributed by atoms with Crippen LogP contribution in [-0.2, 0) is 0 Å². The molecule has 3 rings (SSSR count). The van der Waals surface area contributed by atoms with E-state index in [2.05, 4.69) is 4.98 Å². The molecule has 2 aromatic carbocycles. The van der Waals surface area contributed by atoms with E-state index in [9.17, 15) is 9.90 Å². The van der Waals surface area contributed by atoms with Crippen LogP contribution in [0.25, 0.3) is 22.2 Å². The Morgan fingerprint density at radius 1 is 1.00 bits per heavy atom. The summed E-state index contributed by atoms with van der Waals surface area (Å²) in [6.45, 7) is 4.07. The number of carbonyl (C=O) groups excluding carboxylic acids is 1. The minimum absolute atomic E-state index is 0. The van der Waals surface area contributed by atoms with Gasteiger partial charge in [-0.05, 0) is 43.2 Å². The molecule has 0 radical (unpaired) electrons. The van der Waals surface area contributed by atoms with Crippen molar-refractivity contribution in [3.8, 4) is 11.3 Å². The Hall–Kier alpha value is -1.04. The van der Waals surface area contributed by atoms with Crippen LogP contribution >= 0.6 is 0 Å². The molecule has 0 atom stereocenters. The average Bonchev–Trinajstić information content (AvgIpc) is 2.48. The molecule has 0 N–H and O–H groups in total. The SMILES string of the molecule is Cc1ccc(-c2cc(C(=O)[O-])c3ccccc3n2)cc1C.[K+]. The van der Waals surface area contributed by atoms with E-state index in [1.807, 2.05) is 44.2 Å². The van der Waals surface area contributed by atoms with Gasteiger partial charge in [0.25, 0.3) is 0 Å². The number of para-hydroxylation sites is 1. The topological polar surface area (TPSA) is 53.0 Å². The number of carboxylic acids is 1. The maximum Gasteiger partial charge on any atom is 1.00 e. The maximum absolute atomic E-state index is 11.4. The molecule has 0 spiro atoms. The van der Waals surface area contributed by atoms with Crippen LogP contribution in [0.15, 0.2) is 48.5 Å². The first-order valence-electron chi connectivity index (χ1n) is 6.75. The number of nitrogens with zero attached hydrogens (tertiary/aromatic N) is 1. The van der Waals surface area contributed by atoms with Gasteiger partial charge < -0.3 is 9.90 Å². The number of hydrogen-bond acceptors (Lipinski definition) is 3. The molecule has 0 amide bonds. The van der Waals surface area contributed by atoms with Crippen LogP contribution in [0, 0.1) is 13.8 Å². The van der Waals surface area contributed by atoms with E-state index in [0.29, 0.717) is 16.6 Å². The molecule has 0 bridgehead atoms. The van der Waals surface area contributed by atoms with Gasteiger partial charge in [0.05, 0.1) is 17.2 Å². The minimum atomic E-state index is -1.18. The fraction of sp³-hybridized carbons (Fsp3) is 0.111. The fourth-order valence-electron chi connectivity index (χ4n) is 2.39. The Kier molecular flexibility index (Phi) is 5.53. The Morgan fingerprint density at radius 3 is 2.41 bits per heavy atom. The Bertz CT molecular complexity index is 859. The Labute approximate surface area is 171 Å². The molecule has 3 aromatic rings. The minimum Gasteiger partial charge on any atom is -0.545 e. The van der Waals surface area contributed by atoms with Gasteiger partial charge in [-0.1, -0.05) is 30.3 Å². The van der Waals surface area contributed by atoms with E-state index in [1.54, 1.807) is 18.2 Å². The van der Waals surface area contributed by atoms with Crippen molar-refractivity contribution in [2.45, 2.75) is 13.8 Å². The van der Waals surface area contributed by atoms with Gasteiger partial charge in [-0.15, -0.1) is 0 Å². The largest absolute Gasteiger partial charge is 1.00 e. The molecular weight excluding hydrogens is 301 g/mol. The molecule has 1 heterocycles. The first-order chi connectivity index (χ1) is 10.1. The van der Waals surface area contributed by atoms with Gasteiger partial charge in [-0.2, -0.15) is 0 Å². The van der Waals surface area contributed by atoms with Gasteiger partial charge in [-0.25, -0.2) is 4.98 Å². The van der Waals surface area contributed by atoms with Crippen molar-refractivity contribution in [2.24, 2.45) is 0 Å². The second kappa shape index (κ2) is 7.02. The van der Waals surface area contributed by atoms with Crippen molar-refractivity contribution in [3.63, 3.8) is 0 Å². The van der Waals surface area contributed by atoms with Crippen LogP contribution in [-0.4, -0.2) is 11.0 Å². The quantitative estimate of drug-likeness (QED) is 0.620. The molecule has 104 valence electrons. The van der Waals surface area contributed by atoms with Crippen molar-refractivity contribution in [2.75, 3.05) is 0 Å². The molecule has 0 fully saturated rings. The summed E-state index contributed by atoms with van der Waals surface area (Å²) in [7, 11) is 0. The van der Waals surface area contributed by atoms with E-state index in [1.165, 1.54) is 5.56 Å². The number of fused-ring (bicyclic) bond motifs is 1. The standard InChI is InChI=1S/C18H15NO2.K/c1-11-7-8-13(9-12(11)2)17-10-15(18(20)21)14-5-3-4-6-16(14)19-17;/h3-10H,1-2H3,(H,20,21);/q;+1/p-1. The van der Waals surface area contributed by atoms with Gasteiger partial charge in [0.2, 0.25) is 0 Å². The number of rotatable bonds is 2. The maximum atomic E-state index is 11.4. The first-order valence-corrected chi connectivity index (χ1v) is 6.75. The molecule has 0 saturated heterocycles. The number of aromatic carboxylic acids is 1. The van der Waals surface area contributed by atoms with Gasteiger partial charge in [0.1, 0.15) is 0 Å². The Balaban J connectivity index is 0.00000176. The van der Waals surface area contributed by atoms with Crippen molar-refractivity contribution in [1.29, 1.82) is 0 Å². The van der Waals surface area contributed by atoms with Crippen LogP contribution in [0.4, 0.5) is 0 Å². The fourth-order valence-corrected chi connectivity index (χ4v) is 2.39. The number of aromatic nitrogens is 1. The summed E-state index contributed by atoms with van der Waals surface area (Å²) in [5, 5.41) is 12.0. The molecule has 0 saturated carbocycles. The second-order valence-corrected chi connectivity index (χ2v) is 5.16. The normalized spacial score (nSPS) is 10.3. The number of aryl methyl sites for hydroxylation is 2. The summed E-state index contributed by atoms with van der Waals surface area (Å²) in [6.07, 6.45) is 0. The molecule has 22 heavy (non-hydrogen) atoms. The zero-order chi connectivity index (χ0) is 15.0. The summed E-state index contributed by atoms with van der Waals surface area (Å²) in [4.78, 5) is 15.9. The summed E-state index contributed by atoms with van der Waals surface area (Å²) < 4.78 is 0. The van der Waals surface area contributed by atoms with Gasteiger partial charge in [-0.3, -0.25) is 0 Å². The zero-order valence-electron chi connectivity index (χ0n) is 12.9. The van der Waals surface area contributed by atoms with Crippen LogP contribution in [0.5, 0.6) is 0 Å². The second-order valence-electron chi connectivity index (χ2n) is 5.16. The summed E-state index contributed by atoms with van der Waals surface area (Å²) in [6, 6.07) is 14.8. The monoisotopic (exact) mass is 315 g/mol. The van der Waals surface area contributed by atoms with Gasteiger partial charge in [0, 0.05) is 16.5 Å². The predicted molar refractivity (Wildman–Crippen MR) is 81.0 cm³/mol. The van der Waals surface area contributed by atoms with E-state index < -0.39 is 5.97 Å². The van der Waals surface area contributed by atoms with Gasteiger partial charge >= 0.3 is 51.4 Å². The summed E-state index contributed by atoms with van der Waals surface area (Å²) in [5.41, 5.74) is 4.74. The number of pyridine rings is 1. The van der Waals surface area contributed by atoms with Crippen molar-refractivity contribution in [3.05, 3.63) is 65.2 Å². The number of carboxylic acid groups (broad SMARTS) is 1. The van der Waals surface area contributed by atoms with Crippen LogP contribution in [0.2, 0.25) is 0 Å². The third-order valence-corrected chi connectivity index (χ3v) is 3.74. The average molecular weight is 315 g/mol. The van der Waals surface area contributed by atoms with Crippen LogP contribution < -0.4 is 56.5 Å². The molecule has 3 nitrogen and oxygen atoms in total. The predicted octanol–water partition coefficient (Wildman–Crippen LogP) is -0.114. The number of benzene rings is 2. The molecule has 4 heteroatoms. The van der Waals surface area contributed by atoms with Crippen molar-refractivity contribution < 1.29 is 61.3 Å². The zero-order valence-corrected chi connectivity index (χ0v) is 16.0. The Morgan fingerprint density at radius 2 is 1.73 bits per heavy atom. The van der Waals surface area contributed by atoms with Crippen molar-refractivity contribution in [1.82, 2.24) is 4.98 Å². The molecule has 0 aliphatic heterocycles. The summed E-state index contributed by atoms with van der Waals surface area (Å²) >= 11 is 0. The van der Waals surface area contributed by atoms with Crippen LogP contribution in [0.1, 0.15) is 21.5 Å². The third kappa shape index (κ3) is 3.31. The van der Waals surface area contributed by atoms with Crippen molar-refractivity contribution >= 4 is 16.9 Å². The molecule has 0 aliphatic carbocycles. The smallest absolute Gasteiger partial charge is 0.545 e. The summed E-state index contributed by atoms with van der Waals surface area (Å²) in [5.74, 6) is -1.18. The first kappa shape index (κ1) is 17.3. The van der Waals surface area contributed by atoms with E-state index in [4.69, 9.17) is 0 Å². The van der Waals surface area contributed by atoms with E-state index in [0.717, 1.165) is 11.1 Å². The number of carbonyl (C=O) groups is 1. The van der Waals surface area contributed by atoms with Crippen LogP contribution in [0.3, 0.4) is 0 Å². The molecular formula is C18H14KNO2. The molecule has 0 unspecified atom stereocenters. The number of hydrogen-bond donors (Lipinski definition) is 0. The van der Waals surface area contributed by atoms with E-state index in [-0.39, 0.29) is 56.9 Å². The van der Waals surface area contributed by atoms with Gasteiger partial charge in [0.15, 0.2) is 0 Å². The molecule has 0 aliphatic rings. The third-order valence-electron chi connectivity index (χ3n) is 3.74. The van der Waals surface area contributed by atoms with E-state index >= 15 is 0 Å².